The number of benzene rings is 2. The summed E-state index contributed by atoms with van der Waals surface area (Å²) in [6, 6.07) is 7.89. The van der Waals surface area contributed by atoms with Gasteiger partial charge in [0.25, 0.3) is 0 Å². The van der Waals surface area contributed by atoms with E-state index in [1.54, 1.807) is 24.3 Å². The fourth-order valence-electron chi connectivity index (χ4n) is 7.79. The molecule has 45 heavy (non-hydrogen) atoms. The molecule has 1 N–H and O–H groups in total. The van der Waals surface area contributed by atoms with Crippen molar-refractivity contribution in [1.82, 2.24) is 25.2 Å². The fraction of sp³-hybridized carbons (Fsp3) is 0.457. The first kappa shape index (κ1) is 29.8. The van der Waals surface area contributed by atoms with Crippen molar-refractivity contribution in [3.63, 3.8) is 0 Å². The summed E-state index contributed by atoms with van der Waals surface area (Å²) in [6.45, 7) is 8.34. The summed E-state index contributed by atoms with van der Waals surface area (Å²) in [6.07, 6.45) is 8.69. The molecular weight excluding hydrogens is 577 g/mol. The summed E-state index contributed by atoms with van der Waals surface area (Å²) in [5.41, 5.74) is 0.136. The zero-order chi connectivity index (χ0) is 31.3. The maximum absolute atomic E-state index is 16.8. The predicted octanol–water partition coefficient (Wildman–Crippen LogP) is 6.33. The monoisotopic (exact) mass is 614 g/mol. The number of terminal acetylenes is 1. The van der Waals surface area contributed by atoms with Crippen molar-refractivity contribution in [3.8, 4) is 29.6 Å². The van der Waals surface area contributed by atoms with Crippen LogP contribution in [0.3, 0.4) is 0 Å². The third kappa shape index (κ3) is 4.79. The molecule has 2 unspecified atom stereocenters. The Morgan fingerprint density at radius 3 is 2.62 bits per heavy atom. The second kappa shape index (κ2) is 11.8. The Hall–Kier alpha value is -3.94. The normalized spacial score (nSPS) is 21.9. The van der Waals surface area contributed by atoms with Gasteiger partial charge in [0.15, 0.2) is 5.82 Å². The van der Waals surface area contributed by atoms with Gasteiger partial charge in [-0.3, -0.25) is 4.90 Å². The molecule has 3 saturated heterocycles. The molecule has 0 bridgehead atoms. The molecule has 234 valence electrons. The highest BCUT2D eigenvalue weighted by atomic mass is 19.1. The number of pyridine rings is 1. The van der Waals surface area contributed by atoms with E-state index in [0.717, 1.165) is 38.8 Å². The van der Waals surface area contributed by atoms with Crippen molar-refractivity contribution in [3.05, 3.63) is 53.2 Å². The minimum Gasteiger partial charge on any atom is -0.461 e. The number of aromatic nitrogens is 3. The predicted molar refractivity (Wildman–Crippen MR) is 170 cm³/mol. The van der Waals surface area contributed by atoms with Crippen LogP contribution in [0.1, 0.15) is 63.4 Å². The van der Waals surface area contributed by atoms with Crippen LogP contribution < -0.4 is 15.0 Å². The molecule has 10 heteroatoms. The van der Waals surface area contributed by atoms with Crippen molar-refractivity contribution in [1.29, 1.82) is 0 Å². The number of halogens is 3. The molecule has 0 aliphatic carbocycles. The molecule has 2 aromatic heterocycles. The van der Waals surface area contributed by atoms with Crippen molar-refractivity contribution in [2.75, 3.05) is 44.2 Å². The van der Waals surface area contributed by atoms with Crippen LogP contribution >= 0.6 is 0 Å². The van der Waals surface area contributed by atoms with E-state index >= 15 is 8.78 Å². The fourth-order valence-corrected chi connectivity index (χ4v) is 7.79. The number of hydrogen-bond acceptors (Lipinski definition) is 7. The van der Waals surface area contributed by atoms with Gasteiger partial charge in [-0.05, 0) is 50.2 Å². The van der Waals surface area contributed by atoms with Gasteiger partial charge in [-0.25, -0.2) is 18.2 Å². The zero-order valence-electron chi connectivity index (χ0n) is 25.7. The first-order valence-electron chi connectivity index (χ1n) is 16.1. The molecule has 6 heterocycles. The van der Waals surface area contributed by atoms with Gasteiger partial charge in [-0.1, -0.05) is 44.0 Å². The summed E-state index contributed by atoms with van der Waals surface area (Å²) >= 11 is 0. The van der Waals surface area contributed by atoms with E-state index in [1.165, 1.54) is 6.07 Å². The van der Waals surface area contributed by atoms with E-state index in [0.29, 0.717) is 42.8 Å². The lowest BCUT2D eigenvalue weighted by Gasteiger charge is -2.36. The Bertz CT molecular complexity index is 1810. The number of piperazine rings is 1. The maximum Gasteiger partial charge on any atom is 0.319 e. The second-order valence-electron chi connectivity index (χ2n) is 12.1. The minimum atomic E-state index is -1.49. The Kier molecular flexibility index (Phi) is 7.78. The van der Waals surface area contributed by atoms with Gasteiger partial charge in [0, 0.05) is 43.0 Å². The van der Waals surface area contributed by atoms with Gasteiger partial charge in [-0.2, -0.15) is 9.97 Å². The lowest BCUT2D eigenvalue weighted by atomic mass is 9.95. The van der Waals surface area contributed by atoms with Crippen molar-refractivity contribution < 1.29 is 17.9 Å². The van der Waals surface area contributed by atoms with Crippen molar-refractivity contribution in [2.45, 2.75) is 63.7 Å². The van der Waals surface area contributed by atoms with Gasteiger partial charge in [0.2, 0.25) is 0 Å². The molecule has 4 aliphatic heterocycles. The van der Waals surface area contributed by atoms with Crippen molar-refractivity contribution in [2.24, 2.45) is 0 Å². The number of hydrogen-bond donors (Lipinski definition) is 1. The largest absolute Gasteiger partial charge is 0.461 e. The summed E-state index contributed by atoms with van der Waals surface area (Å²) < 4.78 is 54.2. The van der Waals surface area contributed by atoms with E-state index in [4.69, 9.17) is 16.1 Å². The minimum absolute atomic E-state index is 0.00426. The number of ether oxygens (including phenoxy) is 1. The highest BCUT2D eigenvalue weighted by Crippen LogP contribution is 2.45. The smallest absolute Gasteiger partial charge is 0.319 e. The Morgan fingerprint density at radius 1 is 1.04 bits per heavy atom. The molecule has 2 atom stereocenters. The topological polar surface area (TPSA) is 66.4 Å². The van der Waals surface area contributed by atoms with Crippen LogP contribution in [0.25, 0.3) is 32.9 Å². The number of alkyl halides is 1. The molecule has 0 radical (unpaired) electrons. The number of fused-ring (bicyclic) bond motifs is 4. The third-order valence-corrected chi connectivity index (χ3v) is 9.85. The number of anilines is 1. The SMILES string of the molecule is C#Cc1c(F)ccc2cccc(-c3nc4c5c(nc(OCC67CCCN6CCC7)nc5c3F)N3CCNCC3CC4F)c12.CC. The Balaban J connectivity index is 0.00000160. The molecule has 4 aliphatic rings. The second-order valence-corrected chi connectivity index (χ2v) is 12.1. The molecule has 8 rings (SSSR count). The lowest BCUT2D eigenvalue weighted by molar-refractivity contribution is 0.108. The molecular formula is C35H37F3N6O. The van der Waals surface area contributed by atoms with Gasteiger partial charge in [0.05, 0.1) is 22.2 Å². The quantitative estimate of drug-likeness (QED) is 0.270. The van der Waals surface area contributed by atoms with E-state index < -0.39 is 17.8 Å². The van der Waals surface area contributed by atoms with Crippen molar-refractivity contribution >= 4 is 27.5 Å². The molecule has 0 saturated carbocycles. The molecule has 7 nitrogen and oxygen atoms in total. The number of nitrogens with one attached hydrogen (secondary N) is 1. The lowest BCUT2D eigenvalue weighted by Crippen LogP contribution is -2.51. The van der Waals surface area contributed by atoms with Crippen LogP contribution in [0.4, 0.5) is 19.0 Å². The number of nitrogens with zero attached hydrogens (tertiary/aromatic N) is 5. The summed E-state index contributed by atoms with van der Waals surface area (Å²) in [4.78, 5) is 18.5. The van der Waals surface area contributed by atoms with Crippen LogP contribution in [0, 0.1) is 24.0 Å². The van der Waals surface area contributed by atoms with Gasteiger partial charge in [0.1, 0.15) is 35.6 Å². The molecule has 4 aromatic rings. The first-order chi connectivity index (χ1) is 22.0. The Morgan fingerprint density at radius 2 is 1.84 bits per heavy atom. The standard InChI is InChI=1S/C33H31F3N6O.C2H6/c1-2-21-23(34)9-8-19-6-3-7-22(25(19)21)28-27(36)30-26-29(38-28)24(35)16-20-17-37-12-15-42(20)31(26)40-32(39-30)43-18-33-10-4-13-41(33)14-5-11-33;1-2/h1,3,6-9,20,24,37H,4-5,10-18H2;1-2H3. The summed E-state index contributed by atoms with van der Waals surface area (Å²) in [5.74, 6) is 1.52. The first-order valence-corrected chi connectivity index (χ1v) is 16.1. The maximum atomic E-state index is 16.8. The van der Waals surface area contributed by atoms with Gasteiger partial charge < -0.3 is 15.0 Å². The average Bonchev–Trinajstić information content (AvgIpc) is 3.62. The van der Waals surface area contributed by atoms with E-state index in [2.05, 4.69) is 26.1 Å². The highest BCUT2D eigenvalue weighted by Gasteiger charge is 2.45. The van der Waals surface area contributed by atoms with Crippen LogP contribution in [0.5, 0.6) is 6.01 Å². The van der Waals surface area contributed by atoms with Crippen LogP contribution in [0.15, 0.2) is 30.3 Å². The van der Waals surface area contributed by atoms with E-state index in [-0.39, 0.29) is 57.4 Å². The van der Waals surface area contributed by atoms with Gasteiger partial charge in [-0.15, -0.1) is 6.42 Å². The highest BCUT2D eigenvalue weighted by molar-refractivity contribution is 6.03. The van der Waals surface area contributed by atoms with E-state index in [1.807, 2.05) is 18.7 Å². The zero-order valence-corrected chi connectivity index (χ0v) is 25.7. The third-order valence-electron chi connectivity index (χ3n) is 9.85. The van der Waals surface area contributed by atoms with Crippen LogP contribution in [0.2, 0.25) is 0 Å². The van der Waals surface area contributed by atoms with E-state index in [9.17, 15) is 4.39 Å². The molecule has 0 spiro atoms. The molecule has 3 fully saturated rings. The summed E-state index contributed by atoms with van der Waals surface area (Å²) in [5, 5.41) is 4.58. The summed E-state index contributed by atoms with van der Waals surface area (Å²) in [7, 11) is 0. The molecule has 0 amide bonds. The van der Waals surface area contributed by atoms with Gasteiger partial charge >= 0.3 is 6.01 Å². The average molecular weight is 615 g/mol. The van der Waals surface area contributed by atoms with Crippen LogP contribution in [-0.4, -0.2) is 70.8 Å². The number of rotatable bonds is 4. The van der Waals surface area contributed by atoms with Crippen LogP contribution in [-0.2, 0) is 0 Å². The Labute approximate surface area is 261 Å². The molecule has 2 aromatic carbocycles.